The number of nitrogens with zero attached hydrogens (tertiary/aromatic N) is 3. The second-order valence-electron chi connectivity index (χ2n) is 5.89. The zero-order valence-electron chi connectivity index (χ0n) is 14.7. The molecular weight excluding hydrogens is 302 g/mol. The molecule has 2 rings (SSSR count). The summed E-state index contributed by atoms with van der Waals surface area (Å²) in [5.74, 6) is 0.374. The van der Waals surface area contributed by atoms with E-state index >= 15 is 0 Å². The van der Waals surface area contributed by atoms with Gasteiger partial charge in [0.25, 0.3) is 5.91 Å². The van der Waals surface area contributed by atoms with Crippen molar-refractivity contribution in [3.05, 3.63) is 52.7 Å². The van der Waals surface area contributed by atoms with Gasteiger partial charge in [-0.1, -0.05) is 6.92 Å². The molecule has 0 aromatic carbocycles. The fourth-order valence-electron chi connectivity index (χ4n) is 2.75. The van der Waals surface area contributed by atoms with Gasteiger partial charge in [0.1, 0.15) is 17.4 Å². The minimum absolute atomic E-state index is 0.126. The van der Waals surface area contributed by atoms with Crippen molar-refractivity contribution in [2.45, 2.75) is 40.3 Å². The average Bonchev–Trinajstić information content (AvgIpc) is 3.15. The molecule has 5 nitrogen and oxygen atoms in total. The molecule has 2 aromatic heterocycles. The van der Waals surface area contributed by atoms with E-state index in [1.54, 1.807) is 31.5 Å². The largest absolute Gasteiger partial charge is 0.467 e. The summed E-state index contributed by atoms with van der Waals surface area (Å²) in [5.41, 5.74) is 3.25. The molecule has 1 amide bonds. The fraction of sp³-hybridized carbons (Fsp3) is 0.368. The number of furan rings is 1. The third-order valence-corrected chi connectivity index (χ3v) is 4.03. The van der Waals surface area contributed by atoms with Crippen molar-refractivity contribution in [2.24, 2.45) is 0 Å². The Labute approximate surface area is 142 Å². The summed E-state index contributed by atoms with van der Waals surface area (Å²) in [6, 6.07) is 7.62. The van der Waals surface area contributed by atoms with Crippen LogP contribution in [0.2, 0.25) is 0 Å². The van der Waals surface area contributed by atoms with Crippen LogP contribution in [0, 0.1) is 25.2 Å². The van der Waals surface area contributed by atoms with Crippen LogP contribution in [0.3, 0.4) is 0 Å². The maximum atomic E-state index is 12.5. The molecule has 0 aliphatic heterocycles. The molecule has 0 atom stereocenters. The van der Waals surface area contributed by atoms with Crippen LogP contribution >= 0.6 is 0 Å². The Kier molecular flexibility index (Phi) is 5.64. The van der Waals surface area contributed by atoms with Crippen LogP contribution in [-0.4, -0.2) is 22.4 Å². The maximum absolute atomic E-state index is 12.5. The number of amides is 1. The molecule has 0 saturated heterocycles. The summed E-state index contributed by atoms with van der Waals surface area (Å²) in [6.45, 7) is 7.44. The number of rotatable bonds is 6. The summed E-state index contributed by atoms with van der Waals surface area (Å²) in [6.07, 6.45) is 4.28. The van der Waals surface area contributed by atoms with Gasteiger partial charge in [-0.15, -0.1) is 0 Å². The molecule has 0 N–H and O–H groups in total. The van der Waals surface area contributed by atoms with E-state index < -0.39 is 0 Å². The van der Waals surface area contributed by atoms with Gasteiger partial charge in [0.05, 0.1) is 12.8 Å². The van der Waals surface area contributed by atoms with Crippen LogP contribution in [0.5, 0.6) is 0 Å². The monoisotopic (exact) mass is 325 g/mol. The second kappa shape index (κ2) is 7.69. The smallest absolute Gasteiger partial charge is 0.264 e. The molecule has 0 spiro atoms. The van der Waals surface area contributed by atoms with Gasteiger partial charge in [-0.2, -0.15) is 5.26 Å². The van der Waals surface area contributed by atoms with Crippen molar-refractivity contribution in [3.8, 4) is 6.07 Å². The number of carbonyl (C=O) groups is 1. The van der Waals surface area contributed by atoms with Crippen LogP contribution in [0.1, 0.15) is 36.1 Å². The number of hydrogen-bond acceptors (Lipinski definition) is 3. The normalized spacial score (nSPS) is 11.4. The molecule has 0 aliphatic carbocycles. The molecule has 0 radical (unpaired) electrons. The van der Waals surface area contributed by atoms with Gasteiger partial charge in [-0.05, 0) is 50.1 Å². The summed E-state index contributed by atoms with van der Waals surface area (Å²) >= 11 is 0. The number of carbonyl (C=O) groups excluding carboxylic acids is 1. The molecule has 0 unspecified atom stereocenters. The molecule has 0 bridgehead atoms. The average molecular weight is 325 g/mol. The van der Waals surface area contributed by atoms with Gasteiger partial charge in [-0.3, -0.25) is 4.79 Å². The van der Waals surface area contributed by atoms with Crippen LogP contribution in [-0.2, 0) is 17.9 Å². The molecule has 0 saturated carbocycles. The highest BCUT2D eigenvalue weighted by atomic mass is 16.3. The molecule has 5 heteroatoms. The molecule has 126 valence electrons. The predicted molar refractivity (Wildman–Crippen MR) is 93.0 cm³/mol. The van der Waals surface area contributed by atoms with Gasteiger partial charge in [-0.25, -0.2) is 0 Å². The van der Waals surface area contributed by atoms with E-state index in [0.717, 1.165) is 29.9 Å². The molecule has 0 aliphatic rings. The Balaban J connectivity index is 2.24. The van der Waals surface area contributed by atoms with Crippen molar-refractivity contribution in [1.29, 1.82) is 5.26 Å². The lowest BCUT2D eigenvalue weighted by Gasteiger charge is -2.15. The zero-order chi connectivity index (χ0) is 17.7. The van der Waals surface area contributed by atoms with Gasteiger partial charge in [0, 0.05) is 25.0 Å². The van der Waals surface area contributed by atoms with Gasteiger partial charge in [0.15, 0.2) is 0 Å². The number of aryl methyl sites for hydroxylation is 1. The molecular formula is C19H23N3O2. The number of aromatic nitrogens is 1. The second-order valence-corrected chi connectivity index (χ2v) is 5.89. The number of likely N-dealkylation sites (N-methyl/N-ethyl adjacent to an activating group) is 1. The first-order valence-electron chi connectivity index (χ1n) is 8.04. The molecule has 2 heterocycles. The van der Waals surface area contributed by atoms with E-state index in [1.165, 1.54) is 4.90 Å². The van der Waals surface area contributed by atoms with E-state index in [-0.39, 0.29) is 11.5 Å². The van der Waals surface area contributed by atoms with Crippen LogP contribution in [0.25, 0.3) is 6.08 Å². The minimum Gasteiger partial charge on any atom is -0.467 e. The highest BCUT2D eigenvalue weighted by Crippen LogP contribution is 2.19. The van der Waals surface area contributed by atoms with Crippen molar-refractivity contribution in [2.75, 3.05) is 7.05 Å². The highest BCUT2D eigenvalue weighted by Gasteiger charge is 2.17. The summed E-state index contributed by atoms with van der Waals surface area (Å²) in [5, 5.41) is 9.41. The number of nitriles is 1. The van der Waals surface area contributed by atoms with E-state index in [4.69, 9.17) is 4.42 Å². The third-order valence-electron chi connectivity index (χ3n) is 4.03. The molecule has 0 fully saturated rings. The summed E-state index contributed by atoms with van der Waals surface area (Å²) in [7, 11) is 1.66. The Morgan fingerprint density at radius 3 is 2.79 bits per heavy atom. The van der Waals surface area contributed by atoms with Gasteiger partial charge >= 0.3 is 0 Å². The van der Waals surface area contributed by atoms with E-state index in [1.807, 2.05) is 26.0 Å². The SMILES string of the molecule is CCCn1c(C)cc(/C=C(/C#N)C(=O)N(C)Cc2ccco2)c1C. The first-order valence-corrected chi connectivity index (χ1v) is 8.04. The first-order chi connectivity index (χ1) is 11.5. The Bertz CT molecular complexity index is 776. The molecule has 2 aromatic rings. The van der Waals surface area contributed by atoms with Crippen molar-refractivity contribution in [1.82, 2.24) is 9.47 Å². The maximum Gasteiger partial charge on any atom is 0.264 e. The zero-order valence-corrected chi connectivity index (χ0v) is 14.7. The molecule has 24 heavy (non-hydrogen) atoms. The van der Waals surface area contributed by atoms with Crippen molar-refractivity contribution < 1.29 is 9.21 Å². The van der Waals surface area contributed by atoms with Gasteiger partial charge in [0.2, 0.25) is 0 Å². The quantitative estimate of drug-likeness (QED) is 0.601. The predicted octanol–water partition coefficient (Wildman–Crippen LogP) is 3.67. The van der Waals surface area contributed by atoms with Crippen molar-refractivity contribution in [3.63, 3.8) is 0 Å². The highest BCUT2D eigenvalue weighted by molar-refractivity contribution is 6.01. The van der Waals surface area contributed by atoms with Crippen LogP contribution in [0.15, 0.2) is 34.5 Å². The lowest BCUT2D eigenvalue weighted by Crippen LogP contribution is -2.27. The van der Waals surface area contributed by atoms with E-state index in [9.17, 15) is 10.1 Å². The van der Waals surface area contributed by atoms with Gasteiger partial charge < -0.3 is 13.9 Å². The van der Waals surface area contributed by atoms with Crippen LogP contribution < -0.4 is 0 Å². The standard InChI is InChI=1S/C19H23N3O2/c1-5-8-22-14(2)10-16(15(22)3)11-17(12-20)19(23)21(4)13-18-7-6-9-24-18/h6-7,9-11H,5,8,13H2,1-4H3/b17-11-. The first kappa shape index (κ1) is 17.6. The minimum atomic E-state index is -0.311. The lowest BCUT2D eigenvalue weighted by molar-refractivity contribution is -0.126. The summed E-state index contributed by atoms with van der Waals surface area (Å²) in [4.78, 5) is 14.0. The lowest BCUT2D eigenvalue weighted by atomic mass is 10.1. The Morgan fingerprint density at radius 1 is 1.46 bits per heavy atom. The Hall–Kier alpha value is -2.74. The van der Waals surface area contributed by atoms with E-state index in [0.29, 0.717) is 12.3 Å². The number of hydrogen-bond donors (Lipinski definition) is 0. The third kappa shape index (κ3) is 3.77. The fourth-order valence-corrected chi connectivity index (χ4v) is 2.75. The van der Waals surface area contributed by atoms with Crippen molar-refractivity contribution >= 4 is 12.0 Å². The summed E-state index contributed by atoms with van der Waals surface area (Å²) < 4.78 is 7.46. The Morgan fingerprint density at radius 2 is 2.21 bits per heavy atom. The topological polar surface area (TPSA) is 62.2 Å². The van der Waals surface area contributed by atoms with Crippen LogP contribution in [0.4, 0.5) is 0 Å². The van der Waals surface area contributed by atoms with E-state index in [2.05, 4.69) is 11.5 Å².